The number of hydrogen-bond donors (Lipinski definition) is 2. The van der Waals surface area contributed by atoms with E-state index < -0.39 is 11.8 Å². The molecule has 0 aliphatic rings. The summed E-state index contributed by atoms with van der Waals surface area (Å²) < 4.78 is 1.57. The second kappa shape index (κ2) is 6.93. The summed E-state index contributed by atoms with van der Waals surface area (Å²) in [6.45, 7) is 0. The van der Waals surface area contributed by atoms with E-state index in [1.165, 1.54) is 6.33 Å². The third kappa shape index (κ3) is 3.41. The molecule has 2 aromatic carbocycles. The molecule has 0 atom stereocenters. The van der Waals surface area contributed by atoms with Gasteiger partial charge in [-0.2, -0.15) is 5.10 Å². The Morgan fingerprint density at radius 2 is 1.67 bits per heavy atom. The molecule has 1 heterocycles. The first-order chi connectivity index (χ1) is 11.6. The first-order valence-electron chi connectivity index (χ1n) is 6.95. The zero-order valence-electron chi connectivity index (χ0n) is 12.3. The van der Waals surface area contributed by atoms with E-state index in [1.807, 2.05) is 0 Å². The molecule has 8 heteroatoms. The van der Waals surface area contributed by atoms with Crippen molar-refractivity contribution in [3.63, 3.8) is 0 Å². The Morgan fingerprint density at radius 1 is 0.958 bits per heavy atom. The molecule has 2 amide bonds. The van der Waals surface area contributed by atoms with Gasteiger partial charge in [-0.1, -0.05) is 23.7 Å². The number of amides is 2. The van der Waals surface area contributed by atoms with E-state index in [-0.39, 0.29) is 5.56 Å². The van der Waals surface area contributed by atoms with Gasteiger partial charge < -0.3 is 0 Å². The lowest BCUT2D eigenvalue weighted by molar-refractivity contribution is 0.0847. The molecule has 0 radical (unpaired) electrons. The first kappa shape index (κ1) is 15.7. The predicted octanol–water partition coefficient (Wildman–Crippen LogP) is 2.00. The highest BCUT2D eigenvalue weighted by molar-refractivity contribution is 6.33. The Labute approximate surface area is 142 Å². The number of carbonyl (C=O) groups is 2. The molecule has 3 aromatic rings. The number of hydrazine groups is 1. The molecule has 0 spiro atoms. The fourth-order valence-electron chi connectivity index (χ4n) is 2.01. The van der Waals surface area contributed by atoms with E-state index in [1.54, 1.807) is 59.5 Å². The van der Waals surface area contributed by atoms with Crippen LogP contribution in [0.5, 0.6) is 0 Å². The minimum Gasteiger partial charge on any atom is -0.267 e. The zero-order chi connectivity index (χ0) is 16.9. The summed E-state index contributed by atoms with van der Waals surface area (Å²) in [6.07, 6.45) is 2.98. The van der Waals surface area contributed by atoms with Crippen LogP contribution >= 0.6 is 11.6 Å². The maximum atomic E-state index is 12.1. The second-order valence-corrected chi connectivity index (χ2v) is 5.18. The Hall–Kier alpha value is -3.19. The van der Waals surface area contributed by atoms with E-state index in [9.17, 15) is 9.59 Å². The molecule has 2 N–H and O–H groups in total. The van der Waals surface area contributed by atoms with Gasteiger partial charge in [0.2, 0.25) is 0 Å². The lowest BCUT2D eigenvalue weighted by Crippen LogP contribution is -2.41. The quantitative estimate of drug-likeness (QED) is 0.713. The summed E-state index contributed by atoms with van der Waals surface area (Å²) in [4.78, 5) is 27.9. The van der Waals surface area contributed by atoms with Crippen LogP contribution in [0, 0.1) is 0 Å². The standard InChI is InChI=1S/C16H12ClN5O2/c17-14-4-2-1-3-13(14)16(24)21-20-15(23)11-5-7-12(8-6-11)22-10-18-9-19-22/h1-10H,(H,20,23)(H,21,24). The highest BCUT2D eigenvalue weighted by Crippen LogP contribution is 2.14. The van der Waals surface area contributed by atoms with Gasteiger partial charge in [-0.15, -0.1) is 0 Å². The van der Waals surface area contributed by atoms with Gasteiger partial charge >= 0.3 is 0 Å². The lowest BCUT2D eigenvalue weighted by Gasteiger charge is -2.09. The second-order valence-electron chi connectivity index (χ2n) is 4.78. The van der Waals surface area contributed by atoms with Gasteiger partial charge in [-0.05, 0) is 36.4 Å². The molecular formula is C16H12ClN5O2. The fraction of sp³-hybridized carbons (Fsp3) is 0. The number of hydrogen-bond acceptors (Lipinski definition) is 4. The van der Waals surface area contributed by atoms with Gasteiger partial charge in [0, 0.05) is 5.56 Å². The molecule has 0 aliphatic heterocycles. The molecular weight excluding hydrogens is 330 g/mol. The average molecular weight is 342 g/mol. The van der Waals surface area contributed by atoms with Gasteiger partial charge in [0.15, 0.2) is 0 Å². The molecule has 0 unspecified atom stereocenters. The Balaban J connectivity index is 1.63. The maximum absolute atomic E-state index is 12.1. The van der Waals surface area contributed by atoms with Gasteiger partial charge in [-0.3, -0.25) is 20.4 Å². The van der Waals surface area contributed by atoms with Crippen molar-refractivity contribution in [3.05, 3.63) is 77.3 Å². The summed E-state index contributed by atoms with van der Waals surface area (Å²) in [6, 6.07) is 13.2. The van der Waals surface area contributed by atoms with Crippen molar-refractivity contribution in [2.45, 2.75) is 0 Å². The minimum absolute atomic E-state index is 0.279. The molecule has 0 saturated heterocycles. The Morgan fingerprint density at radius 3 is 2.33 bits per heavy atom. The maximum Gasteiger partial charge on any atom is 0.271 e. The van der Waals surface area contributed by atoms with E-state index >= 15 is 0 Å². The Kier molecular flexibility index (Phi) is 4.53. The largest absolute Gasteiger partial charge is 0.271 e. The molecule has 0 bridgehead atoms. The summed E-state index contributed by atoms with van der Waals surface area (Å²) in [7, 11) is 0. The zero-order valence-corrected chi connectivity index (χ0v) is 13.1. The normalized spacial score (nSPS) is 10.2. The van der Waals surface area contributed by atoms with Crippen molar-refractivity contribution in [1.29, 1.82) is 0 Å². The van der Waals surface area contributed by atoms with Crippen LogP contribution in [-0.4, -0.2) is 26.6 Å². The number of rotatable bonds is 3. The van der Waals surface area contributed by atoms with Crippen molar-refractivity contribution in [2.24, 2.45) is 0 Å². The summed E-state index contributed by atoms with van der Waals surface area (Å²) in [5.41, 5.74) is 6.11. The van der Waals surface area contributed by atoms with E-state index in [4.69, 9.17) is 11.6 Å². The number of halogens is 1. The van der Waals surface area contributed by atoms with Gasteiger partial charge in [-0.25, -0.2) is 9.67 Å². The molecule has 7 nitrogen and oxygen atoms in total. The number of nitrogens with one attached hydrogen (secondary N) is 2. The van der Waals surface area contributed by atoms with Crippen molar-refractivity contribution in [3.8, 4) is 5.69 Å². The van der Waals surface area contributed by atoms with Crippen molar-refractivity contribution < 1.29 is 9.59 Å². The van der Waals surface area contributed by atoms with Crippen LogP contribution in [-0.2, 0) is 0 Å². The smallest absolute Gasteiger partial charge is 0.267 e. The van der Waals surface area contributed by atoms with Gasteiger partial charge in [0.05, 0.1) is 16.3 Å². The van der Waals surface area contributed by atoms with Crippen LogP contribution in [0.2, 0.25) is 5.02 Å². The van der Waals surface area contributed by atoms with Gasteiger partial charge in [0.1, 0.15) is 12.7 Å². The summed E-state index contributed by atoms with van der Waals surface area (Å²) in [5, 5.41) is 4.30. The van der Waals surface area contributed by atoms with Crippen LogP contribution in [0.25, 0.3) is 5.69 Å². The third-order valence-corrected chi connectivity index (χ3v) is 3.55. The molecule has 0 aliphatic carbocycles. The van der Waals surface area contributed by atoms with Crippen LogP contribution in [0.4, 0.5) is 0 Å². The molecule has 0 saturated carbocycles. The average Bonchev–Trinajstić information content (AvgIpc) is 3.14. The summed E-state index contributed by atoms with van der Waals surface area (Å²) in [5.74, 6) is -0.936. The van der Waals surface area contributed by atoms with Gasteiger partial charge in [0.25, 0.3) is 11.8 Å². The number of benzene rings is 2. The lowest BCUT2D eigenvalue weighted by atomic mass is 10.2. The van der Waals surface area contributed by atoms with Crippen LogP contribution in [0.15, 0.2) is 61.2 Å². The topological polar surface area (TPSA) is 88.9 Å². The number of aromatic nitrogens is 3. The highest BCUT2D eigenvalue weighted by Gasteiger charge is 2.11. The van der Waals surface area contributed by atoms with E-state index in [2.05, 4.69) is 20.9 Å². The minimum atomic E-state index is -0.492. The Bertz CT molecular complexity index is 862. The molecule has 1 aromatic heterocycles. The number of carbonyl (C=O) groups excluding carboxylic acids is 2. The SMILES string of the molecule is O=C(NNC(=O)c1ccccc1Cl)c1ccc(-n2cncn2)cc1. The molecule has 3 rings (SSSR count). The third-order valence-electron chi connectivity index (χ3n) is 3.22. The molecule has 0 fully saturated rings. The van der Waals surface area contributed by atoms with E-state index in [0.29, 0.717) is 10.6 Å². The van der Waals surface area contributed by atoms with Crippen molar-refractivity contribution >= 4 is 23.4 Å². The van der Waals surface area contributed by atoms with Crippen molar-refractivity contribution in [2.75, 3.05) is 0 Å². The highest BCUT2D eigenvalue weighted by atomic mass is 35.5. The van der Waals surface area contributed by atoms with E-state index in [0.717, 1.165) is 5.69 Å². The summed E-state index contributed by atoms with van der Waals surface area (Å²) >= 11 is 5.93. The first-order valence-corrected chi connectivity index (χ1v) is 7.33. The molecule has 24 heavy (non-hydrogen) atoms. The van der Waals surface area contributed by atoms with Crippen LogP contribution in [0.1, 0.15) is 20.7 Å². The van der Waals surface area contributed by atoms with Crippen LogP contribution in [0.3, 0.4) is 0 Å². The van der Waals surface area contributed by atoms with Crippen molar-refractivity contribution in [1.82, 2.24) is 25.6 Å². The molecule has 120 valence electrons. The fourth-order valence-corrected chi connectivity index (χ4v) is 2.23. The monoisotopic (exact) mass is 341 g/mol. The van der Waals surface area contributed by atoms with Crippen LogP contribution < -0.4 is 10.9 Å². The predicted molar refractivity (Wildman–Crippen MR) is 87.7 cm³/mol. The number of nitrogens with zero attached hydrogens (tertiary/aromatic N) is 3.